The highest BCUT2D eigenvalue weighted by molar-refractivity contribution is 5.92. The number of aliphatic hydroxyl groups is 1. The van der Waals surface area contributed by atoms with Crippen LogP contribution in [0.4, 0.5) is 0 Å². The summed E-state index contributed by atoms with van der Waals surface area (Å²) >= 11 is 0. The molecule has 4 nitrogen and oxygen atoms in total. The Hall–Kier alpha value is -0.870. The van der Waals surface area contributed by atoms with Crippen molar-refractivity contribution in [3.63, 3.8) is 0 Å². The van der Waals surface area contributed by atoms with E-state index in [0.717, 1.165) is 13.1 Å². The highest BCUT2D eigenvalue weighted by Gasteiger charge is 2.29. The van der Waals surface area contributed by atoms with E-state index in [2.05, 4.69) is 17.2 Å². The van der Waals surface area contributed by atoms with Crippen molar-refractivity contribution < 1.29 is 9.90 Å². The first kappa shape index (κ1) is 11.2. The van der Waals surface area contributed by atoms with E-state index in [1.54, 1.807) is 6.92 Å². The van der Waals surface area contributed by atoms with E-state index in [4.69, 9.17) is 0 Å². The summed E-state index contributed by atoms with van der Waals surface area (Å²) in [4.78, 5) is 11.2. The Morgan fingerprint density at radius 2 is 2.14 bits per heavy atom. The van der Waals surface area contributed by atoms with Crippen molar-refractivity contribution in [1.29, 1.82) is 0 Å². The minimum Gasteiger partial charge on any atom is -0.388 e. The van der Waals surface area contributed by atoms with Gasteiger partial charge >= 0.3 is 0 Å². The topological polar surface area (TPSA) is 61.4 Å². The predicted octanol–water partition coefficient (Wildman–Crippen LogP) is -0.207. The molecule has 14 heavy (non-hydrogen) atoms. The van der Waals surface area contributed by atoms with Crippen molar-refractivity contribution in [2.75, 3.05) is 19.6 Å². The van der Waals surface area contributed by atoms with Crippen LogP contribution in [-0.4, -0.2) is 36.2 Å². The van der Waals surface area contributed by atoms with Gasteiger partial charge in [-0.15, -0.1) is 0 Å². The molecule has 1 aliphatic rings. The zero-order valence-corrected chi connectivity index (χ0v) is 8.60. The van der Waals surface area contributed by atoms with E-state index in [9.17, 15) is 9.90 Å². The van der Waals surface area contributed by atoms with Gasteiger partial charge in [-0.1, -0.05) is 6.58 Å². The lowest BCUT2D eigenvalue weighted by molar-refractivity contribution is -0.119. The summed E-state index contributed by atoms with van der Waals surface area (Å²) < 4.78 is 0. The van der Waals surface area contributed by atoms with Crippen molar-refractivity contribution in [3.8, 4) is 0 Å². The van der Waals surface area contributed by atoms with Gasteiger partial charge in [-0.25, -0.2) is 0 Å². The van der Waals surface area contributed by atoms with Crippen molar-refractivity contribution in [3.05, 3.63) is 12.2 Å². The van der Waals surface area contributed by atoms with Crippen LogP contribution in [0, 0.1) is 0 Å². The zero-order valence-electron chi connectivity index (χ0n) is 8.60. The maximum absolute atomic E-state index is 11.2. The Bertz CT molecular complexity index is 232. The Labute approximate surface area is 84.4 Å². The molecule has 0 aromatic heterocycles. The smallest absolute Gasteiger partial charge is 0.246 e. The van der Waals surface area contributed by atoms with Crippen LogP contribution in [0.2, 0.25) is 0 Å². The second-order valence-corrected chi connectivity index (χ2v) is 3.94. The van der Waals surface area contributed by atoms with Gasteiger partial charge in [-0.05, 0) is 32.9 Å². The molecule has 0 unspecified atom stereocenters. The molecule has 1 aliphatic heterocycles. The van der Waals surface area contributed by atoms with Crippen molar-refractivity contribution in [1.82, 2.24) is 10.6 Å². The Morgan fingerprint density at radius 1 is 1.57 bits per heavy atom. The molecule has 0 atom stereocenters. The largest absolute Gasteiger partial charge is 0.388 e. The molecule has 1 saturated heterocycles. The van der Waals surface area contributed by atoms with Gasteiger partial charge in [0.05, 0.1) is 5.60 Å². The first-order chi connectivity index (χ1) is 6.53. The highest BCUT2D eigenvalue weighted by atomic mass is 16.3. The van der Waals surface area contributed by atoms with E-state index < -0.39 is 5.60 Å². The quantitative estimate of drug-likeness (QED) is 0.550. The fourth-order valence-electron chi connectivity index (χ4n) is 1.46. The number of nitrogens with one attached hydrogen (secondary N) is 2. The molecule has 1 rings (SSSR count). The summed E-state index contributed by atoms with van der Waals surface area (Å²) in [7, 11) is 0. The van der Waals surface area contributed by atoms with Crippen LogP contribution < -0.4 is 10.6 Å². The van der Waals surface area contributed by atoms with E-state index in [-0.39, 0.29) is 5.91 Å². The molecule has 0 radical (unpaired) electrons. The molecule has 0 aliphatic carbocycles. The fraction of sp³-hybridized carbons (Fsp3) is 0.700. The molecule has 0 bridgehead atoms. The van der Waals surface area contributed by atoms with E-state index in [1.807, 2.05) is 0 Å². The lowest BCUT2D eigenvalue weighted by Gasteiger charge is -2.32. The lowest BCUT2D eigenvalue weighted by Crippen LogP contribution is -2.49. The zero-order chi connectivity index (χ0) is 10.6. The van der Waals surface area contributed by atoms with Crippen LogP contribution in [0.25, 0.3) is 0 Å². The molecule has 80 valence electrons. The van der Waals surface area contributed by atoms with Crippen LogP contribution in [0.3, 0.4) is 0 Å². The molecular weight excluding hydrogens is 180 g/mol. The standard InChI is InChI=1S/C10H18N2O2/c1-8(2)9(13)12-7-10(14)3-5-11-6-4-10/h11,14H,1,3-7H2,2H3,(H,12,13). The highest BCUT2D eigenvalue weighted by Crippen LogP contribution is 2.16. The van der Waals surface area contributed by atoms with E-state index in [1.165, 1.54) is 0 Å². The first-order valence-corrected chi connectivity index (χ1v) is 4.90. The Kier molecular flexibility index (Phi) is 3.66. The van der Waals surface area contributed by atoms with Gasteiger partial charge in [-0.3, -0.25) is 4.79 Å². The monoisotopic (exact) mass is 198 g/mol. The number of amides is 1. The van der Waals surface area contributed by atoms with Gasteiger partial charge in [0.25, 0.3) is 0 Å². The summed E-state index contributed by atoms with van der Waals surface area (Å²) in [5.41, 5.74) is -0.265. The average Bonchev–Trinajstić information content (AvgIpc) is 2.15. The van der Waals surface area contributed by atoms with Crippen molar-refractivity contribution >= 4 is 5.91 Å². The first-order valence-electron chi connectivity index (χ1n) is 4.90. The average molecular weight is 198 g/mol. The maximum atomic E-state index is 11.2. The number of rotatable bonds is 3. The SMILES string of the molecule is C=C(C)C(=O)NCC1(O)CCNCC1. The Morgan fingerprint density at radius 3 is 2.64 bits per heavy atom. The van der Waals surface area contributed by atoms with Crippen LogP contribution >= 0.6 is 0 Å². The third kappa shape index (κ3) is 3.12. The molecule has 0 saturated carbocycles. The minimum absolute atomic E-state index is 0.183. The predicted molar refractivity (Wildman–Crippen MR) is 54.9 cm³/mol. The summed E-state index contributed by atoms with van der Waals surface area (Å²) in [5, 5.41) is 15.9. The second kappa shape index (κ2) is 4.57. The minimum atomic E-state index is -0.740. The number of hydrogen-bond acceptors (Lipinski definition) is 3. The van der Waals surface area contributed by atoms with Crippen LogP contribution in [-0.2, 0) is 4.79 Å². The number of carbonyl (C=O) groups excluding carboxylic acids is 1. The van der Waals surface area contributed by atoms with Crippen LogP contribution in [0.15, 0.2) is 12.2 Å². The van der Waals surface area contributed by atoms with E-state index in [0.29, 0.717) is 25.0 Å². The van der Waals surface area contributed by atoms with E-state index >= 15 is 0 Å². The Balaban J connectivity index is 2.35. The maximum Gasteiger partial charge on any atom is 0.246 e. The lowest BCUT2D eigenvalue weighted by atomic mass is 9.92. The third-order valence-electron chi connectivity index (χ3n) is 2.50. The molecule has 0 aromatic carbocycles. The molecule has 1 heterocycles. The molecule has 4 heteroatoms. The third-order valence-corrected chi connectivity index (χ3v) is 2.50. The van der Waals surface area contributed by atoms with Crippen LogP contribution in [0.1, 0.15) is 19.8 Å². The molecule has 0 aromatic rings. The summed E-state index contributed by atoms with van der Waals surface area (Å²) in [6.45, 7) is 7.12. The van der Waals surface area contributed by atoms with Gasteiger partial charge in [0.1, 0.15) is 0 Å². The van der Waals surface area contributed by atoms with Crippen LogP contribution in [0.5, 0.6) is 0 Å². The summed E-state index contributed by atoms with van der Waals surface area (Å²) in [6, 6.07) is 0. The molecule has 0 spiro atoms. The van der Waals surface area contributed by atoms with Gasteiger partial charge in [-0.2, -0.15) is 0 Å². The normalized spacial score (nSPS) is 20.1. The van der Waals surface area contributed by atoms with Gasteiger partial charge in [0, 0.05) is 12.1 Å². The summed E-state index contributed by atoms with van der Waals surface area (Å²) in [5.74, 6) is -0.183. The molecule has 1 amide bonds. The van der Waals surface area contributed by atoms with Gasteiger partial charge in [0.15, 0.2) is 0 Å². The molecule has 3 N–H and O–H groups in total. The van der Waals surface area contributed by atoms with Gasteiger partial charge in [0.2, 0.25) is 5.91 Å². The number of piperidine rings is 1. The second-order valence-electron chi connectivity index (χ2n) is 3.94. The van der Waals surface area contributed by atoms with Crippen molar-refractivity contribution in [2.24, 2.45) is 0 Å². The summed E-state index contributed by atoms with van der Waals surface area (Å²) in [6.07, 6.45) is 1.37. The number of hydrogen-bond donors (Lipinski definition) is 3. The fourth-order valence-corrected chi connectivity index (χ4v) is 1.46. The molecular formula is C10H18N2O2. The van der Waals surface area contributed by atoms with Crippen molar-refractivity contribution in [2.45, 2.75) is 25.4 Å². The number of carbonyl (C=O) groups is 1. The van der Waals surface area contributed by atoms with Gasteiger partial charge < -0.3 is 15.7 Å². The molecule has 1 fully saturated rings.